The second-order valence-electron chi connectivity index (χ2n) is 5.42. The molecule has 0 saturated carbocycles. The van der Waals surface area contributed by atoms with Crippen molar-refractivity contribution in [2.45, 2.75) is 31.8 Å². The molecule has 0 radical (unpaired) electrons. The number of aryl methyl sites for hydroxylation is 1. The molecule has 0 fully saturated rings. The van der Waals surface area contributed by atoms with Crippen molar-refractivity contribution in [3.8, 4) is 0 Å². The van der Waals surface area contributed by atoms with Gasteiger partial charge in [0.25, 0.3) is 5.91 Å². The van der Waals surface area contributed by atoms with E-state index < -0.39 is 0 Å². The molecule has 0 spiro atoms. The van der Waals surface area contributed by atoms with Gasteiger partial charge in [0.15, 0.2) is 5.69 Å². The monoisotopic (exact) mass is 300 g/mol. The predicted molar refractivity (Wildman–Crippen MR) is 81.4 cm³/mol. The van der Waals surface area contributed by atoms with Gasteiger partial charge < -0.3 is 10.1 Å². The van der Waals surface area contributed by atoms with Crippen molar-refractivity contribution >= 4 is 5.91 Å². The minimum atomic E-state index is -0.211. The number of H-pyrrole nitrogens is 1. The average molecular weight is 300 g/mol. The number of benzene rings is 1. The molecule has 6 heteroatoms. The summed E-state index contributed by atoms with van der Waals surface area (Å²) in [5.41, 5.74) is 3.03. The third-order valence-corrected chi connectivity index (χ3v) is 3.89. The molecule has 1 atom stereocenters. The second-order valence-corrected chi connectivity index (χ2v) is 5.42. The summed E-state index contributed by atoms with van der Waals surface area (Å²) in [6.45, 7) is 1.21. The number of hydrogen-bond acceptors (Lipinski definition) is 4. The Morgan fingerprint density at radius 2 is 2.32 bits per heavy atom. The first-order valence-electron chi connectivity index (χ1n) is 7.68. The van der Waals surface area contributed by atoms with E-state index >= 15 is 0 Å². The molecule has 1 aliphatic carbocycles. The summed E-state index contributed by atoms with van der Waals surface area (Å²) >= 11 is 0. The van der Waals surface area contributed by atoms with E-state index in [1.54, 1.807) is 0 Å². The fourth-order valence-electron chi connectivity index (χ4n) is 2.78. The Bertz CT molecular complexity index is 612. The normalized spacial score (nSPS) is 17.0. The third-order valence-electron chi connectivity index (χ3n) is 3.89. The highest BCUT2D eigenvalue weighted by atomic mass is 16.5. The van der Waals surface area contributed by atoms with Crippen LogP contribution >= 0.6 is 0 Å². The summed E-state index contributed by atoms with van der Waals surface area (Å²) in [5.74, 6) is -0.211. The minimum absolute atomic E-state index is 0.191. The number of amides is 1. The van der Waals surface area contributed by atoms with Gasteiger partial charge in [-0.15, -0.1) is 0 Å². The molecule has 0 aliphatic heterocycles. The first kappa shape index (κ1) is 14.7. The van der Waals surface area contributed by atoms with Crippen molar-refractivity contribution in [3.63, 3.8) is 0 Å². The Kier molecular flexibility index (Phi) is 4.80. The average Bonchev–Trinajstić information content (AvgIpc) is 3.09. The molecule has 1 aromatic carbocycles. The van der Waals surface area contributed by atoms with Crippen LogP contribution in [0.1, 0.15) is 47.0 Å². The number of fused-ring (bicyclic) bond motifs is 1. The van der Waals surface area contributed by atoms with Crippen LogP contribution in [0.3, 0.4) is 0 Å². The highest BCUT2D eigenvalue weighted by Crippen LogP contribution is 2.32. The van der Waals surface area contributed by atoms with Crippen LogP contribution in [0.5, 0.6) is 0 Å². The molecule has 0 saturated heterocycles. The lowest BCUT2D eigenvalue weighted by Gasteiger charge is -2.25. The molecule has 1 heterocycles. The van der Waals surface area contributed by atoms with Crippen LogP contribution in [-0.4, -0.2) is 34.5 Å². The highest BCUT2D eigenvalue weighted by Gasteiger charge is 2.19. The molecule has 0 bridgehead atoms. The maximum absolute atomic E-state index is 11.7. The van der Waals surface area contributed by atoms with Crippen molar-refractivity contribution in [1.82, 2.24) is 20.7 Å². The number of rotatable bonds is 6. The number of carbonyl (C=O) groups excluding carboxylic acids is 1. The fourth-order valence-corrected chi connectivity index (χ4v) is 2.78. The van der Waals surface area contributed by atoms with Crippen molar-refractivity contribution in [1.29, 1.82) is 0 Å². The van der Waals surface area contributed by atoms with Gasteiger partial charge in [0.1, 0.15) is 0 Å². The smallest absolute Gasteiger partial charge is 0.273 e. The maximum atomic E-state index is 11.7. The molecule has 3 rings (SSSR count). The Balaban J connectivity index is 1.40. The van der Waals surface area contributed by atoms with E-state index in [1.807, 2.05) is 0 Å². The van der Waals surface area contributed by atoms with Crippen LogP contribution in [0.4, 0.5) is 0 Å². The number of aromatic amines is 1. The van der Waals surface area contributed by atoms with E-state index in [4.69, 9.17) is 4.74 Å². The first-order chi connectivity index (χ1) is 10.8. The van der Waals surface area contributed by atoms with Gasteiger partial charge in [-0.25, -0.2) is 0 Å². The topological polar surface area (TPSA) is 79.9 Å². The van der Waals surface area contributed by atoms with E-state index in [2.05, 4.69) is 45.0 Å². The Morgan fingerprint density at radius 1 is 1.41 bits per heavy atom. The Hall–Kier alpha value is -2.21. The Labute approximate surface area is 129 Å². The van der Waals surface area contributed by atoms with E-state index in [-0.39, 0.29) is 12.0 Å². The Morgan fingerprint density at radius 3 is 3.18 bits per heavy atom. The molecule has 1 amide bonds. The molecule has 22 heavy (non-hydrogen) atoms. The number of ether oxygens (including phenoxy) is 1. The molecular weight excluding hydrogens is 280 g/mol. The van der Waals surface area contributed by atoms with Gasteiger partial charge in [0.05, 0.1) is 12.3 Å². The number of nitrogens with one attached hydrogen (secondary N) is 2. The lowest BCUT2D eigenvalue weighted by atomic mass is 9.89. The van der Waals surface area contributed by atoms with Crippen LogP contribution in [0.15, 0.2) is 30.5 Å². The van der Waals surface area contributed by atoms with Crippen LogP contribution in [0.25, 0.3) is 0 Å². The number of carbonyl (C=O) groups is 1. The van der Waals surface area contributed by atoms with Crippen molar-refractivity contribution in [3.05, 3.63) is 47.3 Å². The van der Waals surface area contributed by atoms with Gasteiger partial charge in [0, 0.05) is 13.2 Å². The zero-order valence-electron chi connectivity index (χ0n) is 12.4. The van der Waals surface area contributed by atoms with Gasteiger partial charge in [-0.1, -0.05) is 24.3 Å². The van der Waals surface area contributed by atoms with Gasteiger partial charge in [-0.3, -0.25) is 4.79 Å². The van der Waals surface area contributed by atoms with Crippen LogP contribution in [-0.2, 0) is 11.2 Å². The molecule has 1 aliphatic rings. The largest absolute Gasteiger partial charge is 0.373 e. The molecule has 0 unspecified atom stereocenters. The maximum Gasteiger partial charge on any atom is 0.273 e. The lowest BCUT2D eigenvalue weighted by Crippen LogP contribution is -2.26. The number of hydrogen-bond donors (Lipinski definition) is 2. The summed E-state index contributed by atoms with van der Waals surface area (Å²) in [6, 6.07) is 8.49. The second kappa shape index (κ2) is 7.17. The van der Waals surface area contributed by atoms with E-state index in [9.17, 15) is 4.79 Å². The molecule has 116 valence electrons. The summed E-state index contributed by atoms with van der Waals surface area (Å²) in [6.07, 6.45) is 5.76. The van der Waals surface area contributed by atoms with E-state index in [0.717, 1.165) is 19.3 Å². The highest BCUT2D eigenvalue weighted by molar-refractivity contribution is 5.91. The van der Waals surface area contributed by atoms with Gasteiger partial charge in [0.2, 0.25) is 0 Å². The van der Waals surface area contributed by atoms with Crippen LogP contribution in [0, 0.1) is 0 Å². The number of aromatic nitrogens is 3. The predicted octanol–water partition coefficient (Wildman–Crippen LogP) is 2.02. The molecular formula is C16H20N4O2. The molecule has 1 aromatic heterocycles. The zero-order chi connectivity index (χ0) is 15.2. The summed E-state index contributed by atoms with van der Waals surface area (Å²) in [5, 5.41) is 12.6. The zero-order valence-corrected chi connectivity index (χ0v) is 12.4. The fraction of sp³-hybridized carbons (Fsp3) is 0.438. The molecule has 6 nitrogen and oxygen atoms in total. The van der Waals surface area contributed by atoms with E-state index in [0.29, 0.717) is 18.8 Å². The van der Waals surface area contributed by atoms with Gasteiger partial charge in [-0.2, -0.15) is 15.4 Å². The van der Waals surface area contributed by atoms with Crippen LogP contribution in [0.2, 0.25) is 0 Å². The van der Waals surface area contributed by atoms with Crippen molar-refractivity contribution in [2.24, 2.45) is 0 Å². The summed E-state index contributed by atoms with van der Waals surface area (Å²) in [7, 11) is 0. The third kappa shape index (κ3) is 3.51. The minimum Gasteiger partial charge on any atom is -0.373 e. The lowest BCUT2D eigenvalue weighted by molar-refractivity contribution is 0.0393. The van der Waals surface area contributed by atoms with Crippen molar-refractivity contribution in [2.75, 3.05) is 13.2 Å². The number of nitrogens with zero attached hydrogens (tertiary/aromatic N) is 2. The standard InChI is InChI=1S/C16H20N4O2/c21-16(14-11-18-20-19-14)17-9-4-10-22-15-8-3-6-12-5-1-2-7-13(12)15/h1-2,5,7,11,15H,3-4,6,8-10H2,(H,17,21)(H,18,19,20)/t15-/m1/s1. The van der Waals surface area contributed by atoms with Crippen LogP contribution < -0.4 is 5.32 Å². The first-order valence-corrected chi connectivity index (χ1v) is 7.68. The molecule has 2 N–H and O–H groups in total. The summed E-state index contributed by atoms with van der Waals surface area (Å²) in [4.78, 5) is 11.7. The molecule has 2 aromatic rings. The van der Waals surface area contributed by atoms with Gasteiger partial charge in [-0.05, 0) is 36.8 Å². The van der Waals surface area contributed by atoms with Crippen molar-refractivity contribution < 1.29 is 9.53 Å². The quantitative estimate of drug-likeness (QED) is 0.800. The SMILES string of the molecule is O=C(NCCCO[C@@H]1CCCc2ccccc21)c1cn[nH]n1. The van der Waals surface area contributed by atoms with E-state index in [1.165, 1.54) is 23.7 Å². The van der Waals surface area contributed by atoms with Gasteiger partial charge >= 0.3 is 0 Å². The summed E-state index contributed by atoms with van der Waals surface area (Å²) < 4.78 is 6.00.